The zero-order valence-electron chi connectivity index (χ0n) is 10.9. The van der Waals surface area contributed by atoms with Gasteiger partial charge < -0.3 is 5.32 Å². The van der Waals surface area contributed by atoms with E-state index in [-0.39, 0.29) is 0 Å². The third-order valence-corrected chi connectivity index (χ3v) is 4.67. The molecule has 19 heavy (non-hydrogen) atoms. The molecule has 0 fully saturated rings. The summed E-state index contributed by atoms with van der Waals surface area (Å²) in [4.78, 5) is 1.50. The van der Waals surface area contributed by atoms with E-state index < -0.39 is 0 Å². The van der Waals surface area contributed by atoms with Crippen LogP contribution in [0, 0.1) is 18.3 Å². The summed E-state index contributed by atoms with van der Waals surface area (Å²) >= 11 is 1.85. The molecule has 96 valence electrons. The number of nitriles is 1. The minimum atomic E-state index is 0.351. The van der Waals surface area contributed by atoms with Crippen molar-refractivity contribution >= 4 is 17.0 Å². The Bertz CT molecular complexity index is 636. The molecular formula is C16H16N2S. The fourth-order valence-electron chi connectivity index (χ4n) is 2.70. The Balaban J connectivity index is 1.92. The molecule has 1 N–H and O–H groups in total. The van der Waals surface area contributed by atoms with Gasteiger partial charge in [0, 0.05) is 4.88 Å². The Labute approximate surface area is 117 Å². The van der Waals surface area contributed by atoms with Gasteiger partial charge in [-0.25, -0.2) is 0 Å². The molecule has 2 nitrogen and oxygen atoms in total. The molecule has 0 bridgehead atoms. The van der Waals surface area contributed by atoms with Gasteiger partial charge in [-0.3, -0.25) is 0 Å². The summed E-state index contributed by atoms with van der Waals surface area (Å²) in [7, 11) is 0. The monoisotopic (exact) mass is 268 g/mol. The predicted molar refractivity (Wildman–Crippen MR) is 79.5 cm³/mol. The first-order chi connectivity index (χ1) is 9.28. The van der Waals surface area contributed by atoms with Gasteiger partial charge in [0.2, 0.25) is 0 Å². The number of hydrogen-bond donors (Lipinski definition) is 1. The lowest BCUT2D eigenvalue weighted by molar-refractivity contribution is 0.608. The van der Waals surface area contributed by atoms with Crippen molar-refractivity contribution in [2.75, 3.05) is 5.32 Å². The Hall–Kier alpha value is -1.79. The van der Waals surface area contributed by atoms with E-state index in [1.807, 2.05) is 23.5 Å². The van der Waals surface area contributed by atoms with Crippen LogP contribution in [0.5, 0.6) is 0 Å². The maximum atomic E-state index is 9.21. The number of thiophene rings is 1. The second-order valence-corrected chi connectivity index (χ2v) is 6.05. The summed E-state index contributed by atoms with van der Waals surface area (Å²) < 4.78 is 0. The lowest BCUT2D eigenvalue weighted by atomic mass is 9.93. The molecule has 3 heteroatoms. The molecular weight excluding hydrogens is 252 g/mol. The summed E-state index contributed by atoms with van der Waals surface area (Å²) in [5.41, 5.74) is 4.30. The highest BCUT2D eigenvalue weighted by Gasteiger charge is 2.21. The molecule has 1 aromatic carbocycles. The van der Waals surface area contributed by atoms with Crippen LogP contribution in [0.15, 0.2) is 29.6 Å². The first kappa shape index (κ1) is 12.3. The van der Waals surface area contributed by atoms with Crippen molar-refractivity contribution in [1.29, 1.82) is 5.26 Å². The van der Waals surface area contributed by atoms with Crippen LogP contribution in [-0.2, 0) is 6.42 Å². The maximum Gasteiger partial charge on any atom is 0.101 e. The largest absolute Gasteiger partial charge is 0.377 e. The van der Waals surface area contributed by atoms with Gasteiger partial charge in [-0.15, -0.1) is 11.3 Å². The van der Waals surface area contributed by atoms with Crippen LogP contribution in [0.25, 0.3) is 0 Å². The highest BCUT2D eigenvalue weighted by Crippen LogP contribution is 2.36. The molecule has 1 aliphatic carbocycles. The van der Waals surface area contributed by atoms with Crippen LogP contribution >= 0.6 is 11.3 Å². The van der Waals surface area contributed by atoms with Crippen LogP contribution in [0.2, 0.25) is 0 Å². The number of anilines is 1. The molecule has 1 aliphatic rings. The van der Waals surface area contributed by atoms with Gasteiger partial charge in [0.1, 0.15) is 6.07 Å². The van der Waals surface area contributed by atoms with Gasteiger partial charge in [0.15, 0.2) is 0 Å². The Morgan fingerprint density at radius 2 is 2.26 bits per heavy atom. The SMILES string of the molecule is Cc1ccc(C#N)c(NC2CCCc3sccc32)c1. The normalized spacial score (nSPS) is 17.6. The summed E-state index contributed by atoms with van der Waals surface area (Å²) in [6.45, 7) is 2.06. The summed E-state index contributed by atoms with van der Waals surface area (Å²) in [6, 6.07) is 10.8. The fourth-order valence-corrected chi connectivity index (χ4v) is 3.69. The van der Waals surface area contributed by atoms with Gasteiger partial charge in [-0.1, -0.05) is 6.07 Å². The van der Waals surface area contributed by atoms with Gasteiger partial charge in [0.25, 0.3) is 0 Å². The highest BCUT2D eigenvalue weighted by molar-refractivity contribution is 7.10. The molecule has 1 aromatic heterocycles. The average Bonchev–Trinajstić information content (AvgIpc) is 2.88. The molecule has 1 atom stereocenters. The van der Waals surface area contributed by atoms with E-state index in [0.717, 1.165) is 17.7 Å². The molecule has 1 heterocycles. The number of benzene rings is 1. The minimum Gasteiger partial charge on any atom is -0.377 e. The molecule has 2 aromatic rings. The number of nitrogens with one attached hydrogen (secondary N) is 1. The van der Waals surface area contributed by atoms with Crippen LogP contribution in [0.4, 0.5) is 5.69 Å². The molecule has 0 aliphatic heterocycles. The number of rotatable bonds is 2. The number of aryl methyl sites for hydroxylation is 2. The molecule has 0 spiro atoms. The quantitative estimate of drug-likeness (QED) is 0.875. The van der Waals surface area contributed by atoms with Crippen molar-refractivity contribution in [2.45, 2.75) is 32.2 Å². The van der Waals surface area contributed by atoms with Crippen LogP contribution in [0.1, 0.15) is 40.5 Å². The Kier molecular flexibility index (Phi) is 3.27. The molecule has 0 saturated carbocycles. The minimum absolute atomic E-state index is 0.351. The molecule has 0 amide bonds. The lowest BCUT2D eigenvalue weighted by Crippen LogP contribution is -2.16. The van der Waals surface area contributed by atoms with E-state index in [1.165, 1.54) is 28.8 Å². The molecule has 3 rings (SSSR count). The van der Waals surface area contributed by atoms with Crippen LogP contribution < -0.4 is 5.32 Å². The van der Waals surface area contributed by atoms with E-state index in [9.17, 15) is 5.26 Å². The third-order valence-electron chi connectivity index (χ3n) is 3.68. The molecule has 1 unspecified atom stereocenters. The lowest BCUT2D eigenvalue weighted by Gasteiger charge is -2.25. The van der Waals surface area contributed by atoms with E-state index >= 15 is 0 Å². The van der Waals surface area contributed by atoms with Gasteiger partial charge >= 0.3 is 0 Å². The van der Waals surface area contributed by atoms with Gasteiger partial charge in [0.05, 0.1) is 17.3 Å². The first-order valence-corrected chi connectivity index (χ1v) is 7.49. The average molecular weight is 268 g/mol. The van der Waals surface area contributed by atoms with E-state index in [2.05, 4.69) is 35.8 Å². The van der Waals surface area contributed by atoms with Crippen LogP contribution in [0.3, 0.4) is 0 Å². The second-order valence-electron chi connectivity index (χ2n) is 5.05. The fraction of sp³-hybridized carbons (Fsp3) is 0.312. The van der Waals surface area contributed by atoms with Crippen molar-refractivity contribution in [3.63, 3.8) is 0 Å². The highest BCUT2D eigenvalue weighted by atomic mass is 32.1. The van der Waals surface area contributed by atoms with E-state index in [4.69, 9.17) is 0 Å². The van der Waals surface area contributed by atoms with Crippen molar-refractivity contribution < 1.29 is 0 Å². The Morgan fingerprint density at radius 3 is 3.11 bits per heavy atom. The zero-order chi connectivity index (χ0) is 13.2. The number of hydrogen-bond acceptors (Lipinski definition) is 3. The summed E-state index contributed by atoms with van der Waals surface area (Å²) in [5, 5.41) is 14.9. The van der Waals surface area contributed by atoms with Crippen molar-refractivity contribution in [3.05, 3.63) is 51.2 Å². The van der Waals surface area contributed by atoms with Crippen molar-refractivity contribution in [3.8, 4) is 6.07 Å². The van der Waals surface area contributed by atoms with E-state index in [1.54, 1.807) is 0 Å². The smallest absolute Gasteiger partial charge is 0.101 e. The predicted octanol–water partition coefficient (Wildman–Crippen LogP) is 4.42. The Morgan fingerprint density at radius 1 is 1.37 bits per heavy atom. The zero-order valence-corrected chi connectivity index (χ0v) is 11.8. The topological polar surface area (TPSA) is 35.8 Å². The second kappa shape index (κ2) is 5.07. The van der Waals surface area contributed by atoms with Gasteiger partial charge in [-0.05, 0) is 60.9 Å². The van der Waals surface area contributed by atoms with E-state index in [0.29, 0.717) is 6.04 Å². The number of nitrogens with zero attached hydrogens (tertiary/aromatic N) is 1. The molecule has 0 radical (unpaired) electrons. The van der Waals surface area contributed by atoms with Gasteiger partial charge in [-0.2, -0.15) is 5.26 Å². The first-order valence-electron chi connectivity index (χ1n) is 6.61. The third kappa shape index (κ3) is 2.36. The van der Waals surface area contributed by atoms with Crippen molar-refractivity contribution in [2.24, 2.45) is 0 Å². The number of fused-ring (bicyclic) bond motifs is 1. The maximum absolute atomic E-state index is 9.21. The van der Waals surface area contributed by atoms with Crippen LogP contribution in [-0.4, -0.2) is 0 Å². The standard InChI is InChI=1S/C16H16N2S/c1-11-5-6-12(10-17)15(9-11)18-14-3-2-4-16-13(14)7-8-19-16/h5-9,14,18H,2-4H2,1H3. The van der Waals surface area contributed by atoms with Crippen molar-refractivity contribution in [1.82, 2.24) is 0 Å². The molecule has 0 saturated heterocycles. The summed E-state index contributed by atoms with van der Waals surface area (Å²) in [6.07, 6.45) is 3.56. The summed E-state index contributed by atoms with van der Waals surface area (Å²) in [5.74, 6) is 0.